The average molecular weight is 489 g/mol. The van der Waals surface area contributed by atoms with E-state index in [2.05, 4.69) is 99.8 Å². The Morgan fingerprint density at radius 1 is 1.18 bits per heavy atom. The molecule has 0 unspecified atom stereocenters. The predicted octanol–water partition coefficient (Wildman–Crippen LogP) is 7.58. The summed E-state index contributed by atoms with van der Waals surface area (Å²) in [6.07, 6.45) is 9.90. The first-order valence-corrected chi connectivity index (χ1v) is 15.7. The third-order valence-electron chi connectivity index (χ3n) is 7.87. The maximum absolute atomic E-state index is 6.83. The number of hydrogen-bond donors (Lipinski definition) is 0. The topological polar surface area (TPSA) is 36.9 Å². The van der Waals surface area contributed by atoms with Gasteiger partial charge in [-0.15, -0.1) is 6.58 Å². The fourth-order valence-corrected chi connectivity index (χ4v) is 5.24. The highest BCUT2D eigenvalue weighted by Gasteiger charge is 2.50. The molecule has 0 amide bonds. The molecule has 3 atom stereocenters. The number of ether oxygens (including phenoxy) is 1. The molecule has 2 aliphatic heterocycles. The molecule has 34 heavy (non-hydrogen) atoms. The van der Waals surface area contributed by atoms with E-state index in [-0.39, 0.29) is 41.7 Å². The Bertz CT molecular complexity index is 775. The van der Waals surface area contributed by atoms with Gasteiger partial charge >= 0.3 is 7.12 Å². The largest absolute Gasteiger partial charge is 0.487 e. The molecule has 0 aromatic rings. The van der Waals surface area contributed by atoms with E-state index in [1.807, 2.05) is 6.08 Å². The maximum atomic E-state index is 6.83. The van der Waals surface area contributed by atoms with E-state index >= 15 is 0 Å². The molecule has 0 saturated carbocycles. The van der Waals surface area contributed by atoms with Gasteiger partial charge in [-0.3, -0.25) is 0 Å². The summed E-state index contributed by atoms with van der Waals surface area (Å²) in [6.45, 7) is 30.1. The van der Waals surface area contributed by atoms with Gasteiger partial charge in [-0.25, -0.2) is 0 Å². The van der Waals surface area contributed by atoms with Gasteiger partial charge in [0.2, 0.25) is 0 Å². The second kappa shape index (κ2) is 11.0. The minimum atomic E-state index is -1.94. The lowest BCUT2D eigenvalue weighted by molar-refractivity contribution is -0.0237. The van der Waals surface area contributed by atoms with E-state index in [0.717, 1.165) is 25.7 Å². The van der Waals surface area contributed by atoms with Gasteiger partial charge in [-0.2, -0.15) is 0 Å². The van der Waals surface area contributed by atoms with Crippen molar-refractivity contribution < 1.29 is 18.5 Å². The van der Waals surface area contributed by atoms with Gasteiger partial charge in [0.15, 0.2) is 8.32 Å². The van der Waals surface area contributed by atoms with Crippen molar-refractivity contribution in [2.75, 3.05) is 0 Å². The molecule has 0 bridgehead atoms. The van der Waals surface area contributed by atoms with Gasteiger partial charge in [0.1, 0.15) is 0 Å². The highest BCUT2D eigenvalue weighted by Crippen LogP contribution is 2.39. The van der Waals surface area contributed by atoms with E-state index < -0.39 is 8.32 Å². The molecule has 2 aliphatic rings. The van der Waals surface area contributed by atoms with Crippen LogP contribution < -0.4 is 0 Å². The fraction of sp³-hybridized carbons (Fsp3) is 0.714. The molecule has 0 aliphatic carbocycles. The Balaban J connectivity index is 2.09. The van der Waals surface area contributed by atoms with Crippen LogP contribution in [-0.2, 0) is 18.5 Å². The van der Waals surface area contributed by atoms with Crippen LogP contribution in [0.2, 0.25) is 18.1 Å². The highest BCUT2D eigenvalue weighted by molar-refractivity contribution is 6.74. The highest BCUT2D eigenvalue weighted by atomic mass is 28.4. The third kappa shape index (κ3) is 7.79. The van der Waals surface area contributed by atoms with Crippen LogP contribution in [0, 0.1) is 0 Å². The van der Waals surface area contributed by atoms with Gasteiger partial charge in [0.25, 0.3) is 0 Å². The Labute approximate surface area is 211 Å². The quantitative estimate of drug-likeness (QED) is 0.248. The van der Waals surface area contributed by atoms with Crippen molar-refractivity contribution in [1.82, 2.24) is 0 Å². The van der Waals surface area contributed by atoms with Gasteiger partial charge in [-0.1, -0.05) is 62.7 Å². The van der Waals surface area contributed by atoms with E-state index in [1.165, 1.54) is 11.1 Å². The van der Waals surface area contributed by atoms with E-state index in [1.54, 1.807) is 0 Å². The van der Waals surface area contributed by atoms with Gasteiger partial charge in [0, 0.05) is 6.42 Å². The van der Waals surface area contributed by atoms with Crippen LogP contribution in [-0.4, -0.2) is 44.9 Å². The summed E-state index contributed by atoms with van der Waals surface area (Å²) in [5.74, 6) is 2.09. The zero-order chi connectivity index (χ0) is 25.9. The number of hydrogen-bond acceptors (Lipinski definition) is 4. The Hall–Kier alpha value is -0.918. The number of rotatable bonds is 9. The summed E-state index contributed by atoms with van der Waals surface area (Å²) >= 11 is 0. The summed E-state index contributed by atoms with van der Waals surface area (Å²) in [7, 11) is -2.25. The minimum absolute atomic E-state index is 0.00639. The molecular formula is C28H49BO4Si. The van der Waals surface area contributed by atoms with Crippen molar-refractivity contribution in [3.63, 3.8) is 0 Å². The Morgan fingerprint density at radius 3 is 2.29 bits per heavy atom. The second-order valence-corrected chi connectivity index (χ2v) is 17.4. The minimum Gasteiger partial charge on any atom is -0.410 e. The molecule has 0 radical (unpaired) electrons. The third-order valence-corrected chi connectivity index (χ3v) is 12.4. The summed E-state index contributed by atoms with van der Waals surface area (Å²) in [5, 5.41) is 0.145. The van der Waals surface area contributed by atoms with Crippen LogP contribution in [0.3, 0.4) is 0 Å². The van der Waals surface area contributed by atoms with Crippen molar-refractivity contribution in [3.05, 3.63) is 48.5 Å². The molecule has 2 saturated heterocycles. The molecular weight excluding hydrogens is 439 g/mol. The van der Waals surface area contributed by atoms with E-state index in [9.17, 15) is 0 Å². The zero-order valence-corrected chi connectivity index (χ0v) is 24.5. The van der Waals surface area contributed by atoms with Crippen LogP contribution in [0.5, 0.6) is 0 Å². The smallest absolute Gasteiger partial charge is 0.410 e. The zero-order valence-electron chi connectivity index (χ0n) is 23.5. The van der Waals surface area contributed by atoms with Crippen molar-refractivity contribution in [3.8, 4) is 0 Å². The Kier molecular flexibility index (Phi) is 9.48. The molecule has 0 aromatic heterocycles. The van der Waals surface area contributed by atoms with Gasteiger partial charge in [0.05, 0.1) is 29.5 Å². The summed E-state index contributed by atoms with van der Waals surface area (Å²) in [5.41, 5.74) is 1.81. The van der Waals surface area contributed by atoms with Crippen LogP contribution in [0.25, 0.3) is 0 Å². The summed E-state index contributed by atoms with van der Waals surface area (Å²) in [4.78, 5) is 0. The maximum Gasteiger partial charge on any atom is 0.487 e. The van der Waals surface area contributed by atoms with Gasteiger partial charge in [-0.05, 0) is 72.0 Å². The van der Waals surface area contributed by atoms with Crippen molar-refractivity contribution in [2.45, 2.75) is 129 Å². The Morgan fingerprint density at radius 2 is 1.76 bits per heavy atom. The molecule has 2 fully saturated rings. The van der Waals surface area contributed by atoms with Crippen molar-refractivity contribution >= 4 is 15.4 Å². The predicted molar refractivity (Wildman–Crippen MR) is 148 cm³/mol. The molecule has 6 heteroatoms. The summed E-state index contributed by atoms with van der Waals surface area (Å²) in [6, 6.07) is 0. The molecule has 2 rings (SSSR count). The molecule has 0 aromatic carbocycles. The van der Waals surface area contributed by atoms with Crippen LogP contribution in [0.4, 0.5) is 0 Å². The first-order valence-electron chi connectivity index (χ1n) is 12.8. The lowest BCUT2D eigenvalue weighted by atomic mass is 9.86. The standard InChI is InChI=1S/C28H49BO4Si/c1-13-23-17-22(3)18-25(30-23)19-24(31-34(11,12)26(4,5)6)16-14-15-21(2)20-29-32-27(7,8)28(9,10)33-29/h13-14,16,20,23-25H,1,3,15,17-19H2,2,4-12H3/b16-14+,21-20-/t23-,24+,25-/m1/s1. The fourth-order valence-electron chi connectivity index (χ4n) is 3.95. The SMILES string of the molecule is C=C[C@@H]1CC(=C)C[C@H](C[C@H](/C=C/C/C(C)=C\B2OC(C)(C)C(C)(C)O2)O[Si](C)(C)C(C)(C)C)O1. The normalized spacial score (nSPS) is 26.8. The lowest BCUT2D eigenvalue weighted by Gasteiger charge is -2.40. The lowest BCUT2D eigenvalue weighted by Crippen LogP contribution is -2.44. The molecule has 4 nitrogen and oxygen atoms in total. The molecule has 2 heterocycles. The average Bonchev–Trinajstić information content (AvgIpc) is 2.85. The van der Waals surface area contributed by atoms with Crippen LogP contribution >= 0.6 is 0 Å². The van der Waals surface area contributed by atoms with E-state index in [4.69, 9.17) is 18.5 Å². The number of allylic oxidation sites excluding steroid dienone is 2. The van der Waals surface area contributed by atoms with E-state index in [0.29, 0.717) is 0 Å². The van der Waals surface area contributed by atoms with Crippen molar-refractivity contribution in [2.24, 2.45) is 0 Å². The monoisotopic (exact) mass is 488 g/mol. The molecule has 0 spiro atoms. The molecule has 0 N–H and O–H groups in total. The first-order chi connectivity index (χ1) is 15.5. The van der Waals surface area contributed by atoms with Crippen molar-refractivity contribution in [1.29, 1.82) is 0 Å². The first kappa shape index (κ1) is 29.3. The second-order valence-electron chi connectivity index (χ2n) is 12.6. The summed E-state index contributed by atoms with van der Waals surface area (Å²) < 4.78 is 25.3. The van der Waals surface area contributed by atoms with Crippen LogP contribution in [0.15, 0.2) is 48.5 Å². The van der Waals surface area contributed by atoms with Crippen LogP contribution in [0.1, 0.15) is 81.1 Å². The molecule has 192 valence electrons. The van der Waals surface area contributed by atoms with Gasteiger partial charge < -0.3 is 18.5 Å².